The first-order valence-electron chi connectivity index (χ1n) is 3.63. The van der Waals surface area contributed by atoms with E-state index in [0.717, 1.165) is 5.56 Å². The maximum Gasteiger partial charge on any atom is 0.0991 e. The molecule has 1 aromatic carbocycles. The van der Waals surface area contributed by atoms with E-state index in [-0.39, 0.29) is 0 Å². The monoisotopic (exact) mass is 145 g/mol. The minimum atomic E-state index is 0.755. The summed E-state index contributed by atoms with van der Waals surface area (Å²) in [6.45, 7) is 6.14. The maximum atomic E-state index is 8.63. The van der Waals surface area contributed by atoms with Gasteiger partial charge in [-0.25, -0.2) is 0 Å². The summed E-state index contributed by atoms with van der Waals surface area (Å²) in [7, 11) is 0. The van der Waals surface area contributed by atoms with E-state index >= 15 is 0 Å². The fourth-order valence-corrected chi connectivity index (χ4v) is 1.10. The van der Waals surface area contributed by atoms with Crippen molar-refractivity contribution in [3.05, 3.63) is 34.4 Å². The highest BCUT2D eigenvalue weighted by atomic mass is 14.2. The van der Waals surface area contributed by atoms with Gasteiger partial charge in [0.05, 0.1) is 11.6 Å². The van der Waals surface area contributed by atoms with Crippen LogP contribution in [0.4, 0.5) is 0 Å². The molecule has 11 heavy (non-hydrogen) atoms. The molecule has 0 N–H and O–H groups in total. The Kier molecular flexibility index (Phi) is 1.96. The van der Waals surface area contributed by atoms with Crippen molar-refractivity contribution in [2.24, 2.45) is 0 Å². The average Bonchev–Trinajstić information content (AvgIpc) is 1.99. The zero-order valence-electron chi connectivity index (χ0n) is 7.10. The van der Waals surface area contributed by atoms with Crippen LogP contribution in [-0.2, 0) is 0 Å². The van der Waals surface area contributed by atoms with E-state index in [4.69, 9.17) is 5.26 Å². The summed E-state index contributed by atoms with van der Waals surface area (Å²) >= 11 is 0. The lowest BCUT2D eigenvalue weighted by Crippen LogP contribution is -1.87. The molecule has 0 saturated carbocycles. The summed E-state index contributed by atoms with van der Waals surface area (Å²) in [6.07, 6.45) is 0. The Morgan fingerprint density at radius 1 is 1.09 bits per heavy atom. The number of nitriles is 1. The van der Waals surface area contributed by atoms with Gasteiger partial charge in [-0.3, -0.25) is 0 Å². The highest BCUT2D eigenvalue weighted by Gasteiger charge is 1.98. The van der Waals surface area contributed by atoms with Crippen molar-refractivity contribution in [1.29, 1.82) is 5.26 Å². The first-order valence-corrected chi connectivity index (χ1v) is 3.63. The minimum absolute atomic E-state index is 0.755. The molecular weight excluding hydrogens is 134 g/mol. The summed E-state index contributed by atoms with van der Waals surface area (Å²) in [6, 6.07) is 5.97. The van der Waals surface area contributed by atoms with Gasteiger partial charge >= 0.3 is 0 Å². The minimum Gasteiger partial charge on any atom is -0.192 e. The molecule has 0 aliphatic carbocycles. The quantitative estimate of drug-likeness (QED) is 0.550. The van der Waals surface area contributed by atoms with E-state index in [0.29, 0.717) is 0 Å². The Balaban J connectivity index is 3.35. The Morgan fingerprint density at radius 2 is 1.55 bits per heavy atom. The molecule has 1 heteroatoms. The van der Waals surface area contributed by atoms with E-state index in [1.165, 1.54) is 16.7 Å². The first-order chi connectivity index (χ1) is 5.15. The zero-order chi connectivity index (χ0) is 8.43. The lowest BCUT2D eigenvalue weighted by atomic mass is 10.0. The molecule has 1 rings (SSSR count). The van der Waals surface area contributed by atoms with Crippen molar-refractivity contribution in [3.8, 4) is 6.07 Å². The number of aryl methyl sites for hydroxylation is 2. The van der Waals surface area contributed by atoms with Crippen molar-refractivity contribution in [2.75, 3.05) is 0 Å². The van der Waals surface area contributed by atoms with Crippen LogP contribution in [0, 0.1) is 32.1 Å². The van der Waals surface area contributed by atoms with Crippen LogP contribution in [0.15, 0.2) is 12.1 Å². The normalized spacial score (nSPS) is 9.27. The fourth-order valence-electron chi connectivity index (χ4n) is 1.10. The van der Waals surface area contributed by atoms with Crippen molar-refractivity contribution < 1.29 is 0 Å². The second-order valence-electron chi connectivity index (χ2n) is 2.85. The van der Waals surface area contributed by atoms with Crippen LogP contribution in [0.1, 0.15) is 22.3 Å². The van der Waals surface area contributed by atoms with E-state index in [9.17, 15) is 0 Å². The van der Waals surface area contributed by atoms with Crippen LogP contribution in [0.3, 0.4) is 0 Å². The predicted molar refractivity (Wildman–Crippen MR) is 45.4 cm³/mol. The first kappa shape index (κ1) is 7.81. The molecule has 56 valence electrons. The van der Waals surface area contributed by atoms with Gasteiger partial charge in [0.2, 0.25) is 0 Å². The standard InChI is InChI=1S/C10H11N/c1-7-4-10(6-11)5-8(2)9(7)3/h4-5H,1-3H3. The van der Waals surface area contributed by atoms with Crippen molar-refractivity contribution in [3.63, 3.8) is 0 Å². The van der Waals surface area contributed by atoms with Gasteiger partial charge in [-0.2, -0.15) is 5.26 Å². The molecule has 0 aliphatic rings. The third-order valence-corrected chi connectivity index (χ3v) is 2.06. The fraction of sp³-hybridized carbons (Fsp3) is 0.300. The maximum absolute atomic E-state index is 8.63. The molecule has 0 heterocycles. The number of hydrogen-bond acceptors (Lipinski definition) is 1. The molecule has 0 atom stereocenters. The molecule has 0 amide bonds. The Labute approximate surface area is 67.3 Å². The molecule has 0 spiro atoms. The van der Waals surface area contributed by atoms with Crippen LogP contribution < -0.4 is 0 Å². The van der Waals surface area contributed by atoms with E-state index in [1.54, 1.807) is 0 Å². The van der Waals surface area contributed by atoms with Gasteiger partial charge in [0.15, 0.2) is 0 Å². The molecule has 0 saturated heterocycles. The smallest absolute Gasteiger partial charge is 0.0991 e. The summed E-state index contributed by atoms with van der Waals surface area (Å²) < 4.78 is 0. The van der Waals surface area contributed by atoms with E-state index in [1.807, 2.05) is 26.0 Å². The van der Waals surface area contributed by atoms with Gasteiger partial charge in [0.1, 0.15) is 0 Å². The zero-order valence-corrected chi connectivity index (χ0v) is 7.10. The number of hydrogen-bond donors (Lipinski definition) is 0. The SMILES string of the molecule is Cc1cc(C#N)cc(C)c1C. The molecule has 0 radical (unpaired) electrons. The summed E-state index contributed by atoms with van der Waals surface area (Å²) in [4.78, 5) is 0. The van der Waals surface area contributed by atoms with E-state index in [2.05, 4.69) is 13.0 Å². The number of nitrogens with zero attached hydrogens (tertiary/aromatic N) is 1. The molecule has 0 unspecified atom stereocenters. The highest BCUT2D eigenvalue weighted by molar-refractivity contribution is 5.41. The van der Waals surface area contributed by atoms with Crippen LogP contribution in [-0.4, -0.2) is 0 Å². The third-order valence-electron chi connectivity index (χ3n) is 2.06. The highest BCUT2D eigenvalue weighted by Crippen LogP contribution is 2.14. The van der Waals surface area contributed by atoms with Gasteiger partial charge in [-0.1, -0.05) is 0 Å². The largest absolute Gasteiger partial charge is 0.192 e. The van der Waals surface area contributed by atoms with Gasteiger partial charge in [-0.05, 0) is 49.6 Å². The third kappa shape index (κ3) is 1.40. The Hall–Kier alpha value is -1.29. The van der Waals surface area contributed by atoms with Crippen molar-refractivity contribution in [1.82, 2.24) is 0 Å². The lowest BCUT2D eigenvalue weighted by Gasteiger charge is -2.03. The van der Waals surface area contributed by atoms with Crippen molar-refractivity contribution >= 4 is 0 Å². The predicted octanol–water partition coefficient (Wildman–Crippen LogP) is 2.48. The second-order valence-corrected chi connectivity index (χ2v) is 2.85. The van der Waals surface area contributed by atoms with Crippen molar-refractivity contribution in [2.45, 2.75) is 20.8 Å². The number of benzene rings is 1. The summed E-state index contributed by atoms with van der Waals surface area (Å²) in [5.74, 6) is 0. The second kappa shape index (κ2) is 2.75. The molecule has 1 nitrogen and oxygen atoms in total. The Morgan fingerprint density at radius 3 is 1.91 bits per heavy atom. The van der Waals surface area contributed by atoms with Crippen LogP contribution in [0.5, 0.6) is 0 Å². The van der Waals surface area contributed by atoms with Crippen LogP contribution in [0.2, 0.25) is 0 Å². The van der Waals surface area contributed by atoms with Gasteiger partial charge < -0.3 is 0 Å². The van der Waals surface area contributed by atoms with Crippen LogP contribution >= 0.6 is 0 Å². The van der Waals surface area contributed by atoms with E-state index < -0.39 is 0 Å². The summed E-state index contributed by atoms with van der Waals surface area (Å²) in [5, 5.41) is 8.63. The van der Waals surface area contributed by atoms with Crippen LogP contribution in [0.25, 0.3) is 0 Å². The van der Waals surface area contributed by atoms with Gasteiger partial charge in [0, 0.05) is 0 Å². The molecule has 1 aromatic rings. The lowest BCUT2D eigenvalue weighted by molar-refractivity contribution is 1.25. The molecule has 0 aliphatic heterocycles. The Bertz CT molecular complexity index is 295. The van der Waals surface area contributed by atoms with Gasteiger partial charge in [0.25, 0.3) is 0 Å². The molecule has 0 fully saturated rings. The van der Waals surface area contributed by atoms with Gasteiger partial charge in [-0.15, -0.1) is 0 Å². The average molecular weight is 145 g/mol. The molecular formula is C10H11N. The molecule has 0 bridgehead atoms. The molecule has 0 aromatic heterocycles. The topological polar surface area (TPSA) is 23.8 Å². The summed E-state index contributed by atoms with van der Waals surface area (Å²) in [5.41, 5.74) is 4.43. The number of rotatable bonds is 0.